The summed E-state index contributed by atoms with van der Waals surface area (Å²) in [6.45, 7) is 4.02. The van der Waals surface area contributed by atoms with Crippen molar-refractivity contribution in [1.82, 2.24) is 0 Å². The van der Waals surface area contributed by atoms with Gasteiger partial charge in [0.2, 0.25) is 0 Å². The van der Waals surface area contributed by atoms with Gasteiger partial charge >= 0.3 is 0 Å². The Morgan fingerprint density at radius 3 is 2.64 bits per heavy atom. The van der Waals surface area contributed by atoms with Crippen LogP contribution in [0.4, 0.5) is 5.69 Å². The van der Waals surface area contributed by atoms with E-state index in [9.17, 15) is 4.79 Å². The Labute approximate surface area is 134 Å². The first kappa shape index (κ1) is 15.9. The van der Waals surface area contributed by atoms with Gasteiger partial charge in [0.1, 0.15) is 18.1 Å². The molecule has 0 unspecified atom stereocenters. The van der Waals surface area contributed by atoms with E-state index in [1.165, 1.54) is 7.11 Å². The molecule has 0 aliphatic carbocycles. The lowest BCUT2D eigenvalue weighted by Gasteiger charge is -2.10. The van der Waals surface area contributed by atoms with Gasteiger partial charge in [-0.1, -0.05) is 24.3 Å². The van der Waals surface area contributed by atoms with Crippen LogP contribution >= 0.6 is 11.6 Å². The molecule has 0 aromatic heterocycles. The average molecular weight is 318 g/mol. The van der Waals surface area contributed by atoms with Crippen molar-refractivity contribution in [1.29, 1.82) is 0 Å². The van der Waals surface area contributed by atoms with Crippen molar-refractivity contribution in [3.63, 3.8) is 0 Å². The second-order valence-corrected chi connectivity index (χ2v) is 4.86. The first-order chi connectivity index (χ1) is 10.6. The van der Waals surface area contributed by atoms with Crippen LogP contribution in [0.5, 0.6) is 11.5 Å². The molecule has 0 bridgehead atoms. The zero-order valence-corrected chi connectivity index (χ0v) is 12.9. The molecule has 0 saturated heterocycles. The van der Waals surface area contributed by atoms with Gasteiger partial charge in [-0.3, -0.25) is 4.79 Å². The molecule has 0 aliphatic rings. The lowest BCUT2D eigenvalue weighted by Crippen LogP contribution is -2.13. The van der Waals surface area contributed by atoms with Crippen molar-refractivity contribution in [3.8, 4) is 11.5 Å². The van der Waals surface area contributed by atoms with Crippen LogP contribution in [0.25, 0.3) is 0 Å². The molecule has 0 spiro atoms. The zero-order valence-electron chi connectivity index (χ0n) is 12.1. The first-order valence-corrected chi connectivity index (χ1v) is 7.00. The maximum absolute atomic E-state index is 12.3. The molecule has 22 heavy (non-hydrogen) atoms. The molecule has 5 heteroatoms. The minimum Gasteiger partial charge on any atom is -0.496 e. The fourth-order valence-corrected chi connectivity index (χ4v) is 2.02. The Kier molecular flexibility index (Phi) is 5.44. The third kappa shape index (κ3) is 4.02. The maximum Gasteiger partial charge on any atom is 0.259 e. The second kappa shape index (κ2) is 7.52. The van der Waals surface area contributed by atoms with E-state index in [2.05, 4.69) is 11.9 Å². The number of benzene rings is 2. The lowest BCUT2D eigenvalue weighted by molar-refractivity contribution is 0.102. The fraction of sp³-hybridized carbons (Fsp3) is 0.118. The van der Waals surface area contributed by atoms with Crippen molar-refractivity contribution in [2.75, 3.05) is 19.0 Å². The molecule has 1 N–H and O–H groups in total. The van der Waals surface area contributed by atoms with E-state index >= 15 is 0 Å². The summed E-state index contributed by atoms with van der Waals surface area (Å²) in [5.41, 5.74) is 1.03. The highest BCUT2D eigenvalue weighted by atomic mass is 35.5. The number of halogens is 1. The largest absolute Gasteiger partial charge is 0.496 e. The SMILES string of the molecule is C=CCOc1ccc(NC(=O)c2cc(Cl)ccc2OC)cc1. The van der Waals surface area contributed by atoms with E-state index < -0.39 is 0 Å². The highest BCUT2D eigenvalue weighted by Crippen LogP contribution is 2.24. The number of methoxy groups -OCH3 is 1. The van der Waals surface area contributed by atoms with Crippen LogP contribution in [0.1, 0.15) is 10.4 Å². The summed E-state index contributed by atoms with van der Waals surface area (Å²) in [6, 6.07) is 12.0. The van der Waals surface area contributed by atoms with Gasteiger partial charge in [0, 0.05) is 10.7 Å². The number of hydrogen-bond donors (Lipinski definition) is 1. The number of nitrogens with one attached hydrogen (secondary N) is 1. The van der Waals surface area contributed by atoms with Crippen molar-refractivity contribution in [3.05, 3.63) is 65.7 Å². The predicted octanol–water partition coefficient (Wildman–Crippen LogP) is 4.17. The molecule has 2 aromatic carbocycles. The third-order valence-electron chi connectivity index (χ3n) is 2.89. The molecule has 0 radical (unpaired) electrons. The summed E-state index contributed by atoms with van der Waals surface area (Å²) in [5.74, 6) is 0.880. The molecule has 0 saturated carbocycles. The Hall–Kier alpha value is -2.46. The molecule has 0 fully saturated rings. The minimum absolute atomic E-state index is 0.292. The maximum atomic E-state index is 12.3. The molecule has 114 valence electrons. The highest BCUT2D eigenvalue weighted by molar-refractivity contribution is 6.31. The molecular weight excluding hydrogens is 302 g/mol. The molecule has 2 aromatic rings. The smallest absolute Gasteiger partial charge is 0.259 e. The number of anilines is 1. The van der Waals surface area contributed by atoms with Crippen LogP contribution < -0.4 is 14.8 Å². The number of carbonyl (C=O) groups excluding carboxylic acids is 1. The van der Waals surface area contributed by atoms with E-state index in [0.717, 1.165) is 0 Å². The van der Waals surface area contributed by atoms with Gasteiger partial charge < -0.3 is 14.8 Å². The van der Waals surface area contributed by atoms with E-state index in [-0.39, 0.29) is 5.91 Å². The number of hydrogen-bond acceptors (Lipinski definition) is 3. The van der Waals surface area contributed by atoms with E-state index in [4.69, 9.17) is 21.1 Å². The predicted molar refractivity (Wildman–Crippen MR) is 88.1 cm³/mol. The zero-order chi connectivity index (χ0) is 15.9. The lowest BCUT2D eigenvalue weighted by atomic mass is 10.2. The van der Waals surface area contributed by atoms with Gasteiger partial charge in [-0.05, 0) is 42.5 Å². The van der Waals surface area contributed by atoms with Crippen molar-refractivity contribution in [2.24, 2.45) is 0 Å². The van der Waals surface area contributed by atoms with Crippen molar-refractivity contribution >= 4 is 23.2 Å². The van der Waals surface area contributed by atoms with Gasteiger partial charge in [-0.25, -0.2) is 0 Å². The molecule has 4 nitrogen and oxygen atoms in total. The monoisotopic (exact) mass is 317 g/mol. The summed E-state index contributed by atoms with van der Waals surface area (Å²) < 4.78 is 10.6. The normalized spacial score (nSPS) is 9.91. The van der Waals surface area contributed by atoms with Gasteiger partial charge in [-0.2, -0.15) is 0 Å². The Morgan fingerprint density at radius 1 is 1.27 bits per heavy atom. The van der Waals surface area contributed by atoms with E-state index in [0.29, 0.717) is 34.4 Å². The number of amides is 1. The van der Waals surface area contributed by atoms with Crippen LogP contribution in [0.2, 0.25) is 5.02 Å². The quantitative estimate of drug-likeness (QED) is 0.814. The van der Waals surface area contributed by atoms with Crippen LogP contribution in [0.3, 0.4) is 0 Å². The van der Waals surface area contributed by atoms with Crippen LogP contribution in [0, 0.1) is 0 Å². The molecule has 1 amide bonds. The summed E-state index contributed by atoms with van der Waals surface area (Å²) in [6.07, 6.45) is 1.67. The van der Waals surface area contributed by atoms with Crippen molar-refractivity contribution < 1.29 is 14.3 Å². The average Bonchev–Trinajstić information content (AvgIpc) is 2.54. The van der Waals surface area contributed by atoms with Crippen LogP contribution in [-0.2, 0) is 0 Å². The second-order valence-electron chi connectivity index (χ2n) is 4.42. The van der Waals surface area contributed by atoms with Gasteiger partial charge in [0.15, 0.2) is 0 Å². The Morgan fingerprint density at radius 2 is 2.00 bits per heavy atom. The van der Waals surface area contributed by atoms with Crippen molar-refractivity contribution in [2.45, 2.75) is 0 Å². The summed E-state index contributed by atoms with van der Waals surface area (Å²) in [7, 11) is 1.51. The van der Waals surface area contributed by atoms with E-state index in [1.54, 1.807) is 48.5 Å². The Balaban J connectivity index is 2.11. The standard InChI is InChI=1S/C17H16ClNO3/c1-3-10-22-14-7-5-13(6-8-14)19-17(20)15-11-12(18)4-9-16(15)21-2/h3-9,11H,1,10H2,2H3,(H,19,20). The first-order valence-electron chi connectivity index (χ1n) is 6.62. The number of rotatable bonds is 6. The fourth-order valence-electron chi connectivity index (χ4n) is 1.85. The highest BCUT2D eigenvalue weighted by Gasteiger charge is 2.13. The summed E-state index contributed by atoms with van der Waals surface area (Å²) >= 11 is 5.93. The van der Waals surface area contributed by atoms with E-state index in [1.807, 2.05) is 0 Å². The van der Waals surface area contributed by atoms with Crippen LogP contribution in [0.15, 0.2) is 55.1 Å². The topological polar surface area (TPSA) is 47.6 Å². The molecule has 0 aliphatic heterocycles. The van der Waals surface area contributed by atoms with Crippen LogP contribution in [-0.4, -0.2) is 19.6 Å². The molecular formula is C17H16ClNO3. The molecule has 2 rings (SSSR count). The minimum atomic E-state index is -0.292. The Bertz CT molecular complexity index is 668. The molecule has 0 atom stereocenters. The summed E-state index contributed by atoms with van der Waals surface area (Å²) in [4.78, 5) is 12.3. The summed E-state index contributed by atoms with van der Waals surface area (Å²) in [5, 5.41) is 3.26. The van der Waals surface area contributed by atoms with Gasteiger partial charge in [0.05, 0.1) is 12.7 Å². The van der Waals surface area contributed by atoms with Gasteiger partial charge in [-0.15, -0.1) is 0 Å². The molecule has 0 heterocycles. The van der Waals surface area contributed by atoms with Gasteiger partial charge in [0.25, 0.3) is 5.91 Å². The number of carbonyl (C=O) groups is 1. The third-order valence-corrected chi connectivity index (χ3v) is 3.12. The number of ether oxygens (including phenoxy) is 2.